The zero-order valence-corrected chi connectivity index (χ0v) is 16.8. The molecule has 1 atom stereocenters. The van der Waals surface area contributed by atoms with Crippen LogP contribution in [0.2, 0.25) is 0 Å². The van der Waals surface area contributed by atoms with Gasteiger partial charge in [0.25, 0.3) is 0 Å². The number of nitrogens with zero attached hydrogens (tertiary/aromatic N) is 2. The molecule has 1 aromatic rings. The number of hydrogen-bond donors (Lipinski definition) is 2. The molecule has 140 valence electrons. The Hall–Kier alpha value is -1.20. The third kappa shape index (κ3) is 6.90. The zero-order valence-electron chi connectivity index (χ0n) is 16.0. The van der Waals surface area contributed by atoms with Gasteiger partial charge in [-0.15, -0.1) is 0 Å². The highest BCUT2D eigenvalue weighted by atomic mass is 32.2. The lowest BCUT2D eigenvalue weighted by atomic mass is 10.0. The van der Waals surface area contributed by atoms with E-state index in [-0.39, 0.29) is 0 Å². The highest BCUT2D eigenvalue weighted by Crippen LogP contribution is 2.23. The first-order valence-corrected chi connectivity index (χ1v) is 10.9. The summed E-state index contributed by atoms with van der Waals surface area (Å²) < 4.78 is 0. The van der Waals surface area contributed by atoms with Crippen LogP contribution in [0.25, 0.3) is 0 Å². The quantitative estimate of drug-likeness (QED) is 0.422. The van der Waals surface area contributed by atoms with Crippen molar-refractivity contribution >= 4 is 17.7 Å². The molecule has 1 heterocycles. The normalized spacial score (nSPS) is 18.1. The number of rotatable bonds is 8. The van der Waals surface area contributed by atoms with Gasteiger partial charge in [0.15, 0.2) is 5.96 Å². The van der Waals surface area contributed by atoms with Crippen LogP contribution in [0.1, 0.15) is 44.2 Å². The molecule has 0 saturated carbocycles. The largest absolute Gasteiger partial charge is 0.356 e. The Labute approximate surface area is 157 Å². The lowest BCUT2D eigenvalue weighted by Gasteiger charge is -2.37. The predicted molar refractivity (Wildman–Crippen MR) is 112 cm³/mol. The van der Waals surface area contributed by atoms with Crippen molar-refractivity contribution in [2.45, 2.75) is 44.7 Å². The second-order valence-electron chi connectivity index (χ2n) is 6.74. The Morgan fingerprint density at radius 2 is 1.96 bits per heavy atom. The van der Waals surface area contributed by atoms with Crippen molar-refractivity contribution in [2.24, 2.45) is 4.99 Å². The number of guanidine groups is 1. The molecule has 1 saturated heterocycles. The van der Waals surface area contributed by atoms with Gasteiger partial charge in [-0.25, -0.2) is 0 Å². The first-order valence-electron chi connectivity index (χ1n) is 9.49. The maximum absolute atomic E-state index is 4.38. The maximum atomic E-state index is 4.38. The molecule has 0 amide bonds. The molecule has 2 rings (SSSR count). The second-order valence-corrected chi connectivity index (χ2v) is 7.73. The summed E-state index contributed by atoms with van der Waals surface area (Å²) in [5.41, 5.74) is 1.41. The van der Waals surface area contributed by atoms with Crippen LogP contribution in [0.5, 0.6) is 0 Å². The summed E-state index contributed by atoms with van der Waals surface area (Å²) in [4.78, 5) is 6.97. The number of unbranched alkanes of at least 4 members (excludes halogenated alkanes) is 1. The fourth-order valence-corrected chi connectivity index (χ4v) is 3.83. The van der Waals surface area contributed by atoms with Crippen LogP contribution >= 0.6 is 11.8 Å². The van der Waals surface area contributed by atoms with E-state index in [2.05, 4.69) is 64.0 Å². The maximum Gasteiger partial charge on any atom is 0.191 e. The first kappa shape index (κ1) is 20.1. The van der Waals surface area contributed by atoms with E-state index in [4.69, 9.17) is 0 Å². The molecule has 0 aliphatic carbocycles. The number of thioether (sulfide) groups is 1. The molecule has 5 heteroatoms. The minimum Gasteiger partial charge on any atom is -0.356 e. The number of piperidine rings is 1. The summed E-state index contributed by atoms with van der Waals surface area (Å²) in [5, 5.41) is 7.05. The van der Waals surface area contributed by atoms with Gasteiger partial charge in [0.1, 0.15) is 0 Å². The van der Waals surface area contributed by atoms with Crippen LogP contribution in [-0.2, 0) is 0 Å². The summed E-state index contributed by atoms with van der Waals surface area (Å²) in [6.45, 7) is 5.60. The van der Waals surface area contributed by atoms with Crippen molar-refractivity contribution in [1.82, 2.24) is 15.5 Å². The molecule has 2 N–H and O–H groups in total. The molecular weight excluding hydrogens is 328 g/mol. The molecule has 25 heavy (non-hydrogen) atoms. The third-order valence-electron chi connectivity index (χ3n) is 4.99. The molecule has 1 aliphatic rings. The summed E-state index contributed by atoms with van der Waals surface area (Å²) in [6.07, 6.45) is 6.98. The average Bonchev–Trinajstić information content (AvgIpc) is 2.67. The molecule has 0 aromatic heterocycles. The van der Waals surface area contributed by atoms with Gasteiger partial charge in [-0.05, 0) is 50.2 Å². The monoisotopic (exact) mass is 362 g/mol. The Kier molecular flexibility index (Phi) is 9.19. The molecule has 1 aliphatic heterocycles. The van der Waals surface area contributed by atoms with Gasteiger partial charge >= 0.3 is 0 Å². The molecule has 1 aromatic carbocycles. The number of nitrogens with one attached hydrogen (secondary N) is 2. The van der Waals surface area contributed by atoms with Crippen LogP contribution in [0, 0.1) is 0 Å². The van der Waals surface area contributed by atoms with E-state index < -0.39 is 0 Å². The fourth-order valence-electron chi connectivity index (χ4n) is 3.34. The van der Waals surface area contributed by atoms with Gasteiger partial charge in [-0.3, -0.25) is 9.89 Å². The van der Waals surface area contributed by atoms with Crippen molar-refractivity contribution in [1.29, 1.82) is 0 Å². The topological polar surface area (TPSA) is 39.7 Å². The fraction of sp³-hybridized carbons (Fsp3) is 0.650. The highest BCUT2D eigenvalue weighted by Gasteiger charge is 2.23. The SMILES string of the molecule is CN=C(NCCCCSC)NC1CCN(C(C)c2ccccc2)CC1. The first-order chi connectivity index (χ1) is 12.2. The Balaban J connectivity index is 1.70. The predicted octanol–water partition coefficient (Wildman–Crippen LogP) is 3.52. The van der Waals surface area contributed by atoms with Crippen molar-refractivity contribution in [3.05, 3.63) is 35.9 Å². The zero-order chi connectivity index (χ0) is 17.9. The lowest BCUT2D eigenvalue weighted by molar-refractivity contribution is 0.158. The summed E-state index contributed by atoms with van der Waals surface area (Å²) in [7, 11) is 1.86. The third-order valence-corrected chi connectivity index (χ3v) is 5.69. The van der Waals surface area contributed by atoms with Gasteiger partial charge in [0.05, 0.1) is 0 Å². The lowest BCUT2D eigenvalue weighted by Crippen LogP contribution is -2.49. The minimum absolute atomic E-state index is 0.496. The average molecular weight is 363 g/mol. The van der Waals surface area contributed by atoms with Crippen LogP contribution in [0.4, 0.5) is 0 Å². The molecule has 4 nitrogen and oxygen atoms in total. The summed E-state index contributed by atoms with van der Waals surface area (Å²) in [6, 6.07) is 11.8. The summed E-state index contributed by atoms with van der Waals surface area (Å²) >= 11 is 1.92. The Morgan fingerprint density at radius 1 is 1.24 bits per heavy atom. The standard InChI is InChI=1S/C20H34N4S/c1-17(18-9-5-4-6-10-18)24-14-11-19(12-15-24)23-20(21-2)22-13-7-8-16-25-3/h4-6,9-10,17,19H,7-8,11-16H2,1-3H3,(H2,21,22,23). The van der Waals surface area contributed by atoms with E-state index in [9.17, 15) is 0 Å². The van der Waals surface area contributed by atoms with Gasteiger partial charge in [0.2, 0.25) is 0 Å². The van der Waals surface area contributed by atoms with Crippen LogP contribution in [0.15, 0.2) is 35.3 Å². The Bertz CT molecular complexity index is 498. The van der Waals surface area contributed by atoms with Gasteiger partial charge in [-0.1, -0.05) is 30.3 Å². The van der Waals surface area contributed by atoms with E-state index >= 15 is 0 Å². The van der Waals surface area contributed by atoms with E-state index in [0.717, 1.165) is 25.6 Å². The van der Waals surface area contributed by atoms with Gasteiger partial charge < -0.3 is 10.6 Å². The van der Waals surface area contributed by atoms with E-state index in [1.54, 1.807) is 0 Å². The Morgan fingerprint density at radius 3 is 2.60 bits per heavy atom. The summed E-state index contributed by atoms with van der Waals surface area (Å²) in [5.74, 6) is 2.20. The van der Waals surface area contributed by atoms with Crippen molar-refractivity contribution < 1.29 is 0 Å². The van der Waals surface area contributed by atoms with Crippen molar-refractivity contribution in [3.63, 3.8) is 0 Å². The van der Waals surface area contributed by atoms with Crippen LogP contribution < -0.4 is 10.6 Å². The molecule has 0 spiro atoms. The van der Waals surface area contributed by atoms with Gasteiger partial charge in [-0.2, -0.15) is 11.8 Å². The van der Waals surface area contributed by atoms with Crippen molar-refractivity contribution in [3.8, 4) is 0 Å². The number of benzene rings is 1. The molecule has 1 unspecified atom stereocenters. The number of hydrogen-bond acceptors (Lipinski definition) is 3. The van der Waals surface area contributed by atoms with E-state index in [1.165, 1.54) is 37.0 Å². The molecular formula is C20H34N4S. The number of aliphatic imine (C=N–C) groups is 1. The highest BCUT2D eigenvalue weighted by molar-refractivity contribution is 7.98. The molecule has 0 bridgehead atoms. The van der Waals surface area contributed by atoms with E-state index in [0.29, 0.717) is 12.1 Å². The second kappa shape index (κ2) is 11.4. The van der Waals surface area contributed by atoms with Crippen LogP contribution in [-0.4, -0.2) is 55.6 Å². The molecule has 1 fully saturated rings. The smallest absolute Gasteiger partial charge is 0.191 e. The van der Waals surface area contributed by atoms with E-state index in [1.807, 2.05) is 18.8 Å². The minimum atomic E-state index is 0.496. The molecule has 0 radical (unpaired) electrons. The number of likely N-dealkylation sites (tertiary alicyclic amines) is 1. The van der Waals surface area contributed by atoms with Crippen molar-refractivity contribution in [2.75, 3.05) is 38.7 Å². The van der Waals surface area contributed by atoms with Crippen LogP contribution in [0.3, 0.4) is 0 Å². The van der Waals surface area contributed by atoms with Gasteiger partial charge in [0, 0.05) is 38.8 Å².